The molecule has 5 heteroatoms. The van der Waals surface area contributed by atoms with Crippen molar-refractivity contribution in [2.45, 2.75) is 38.8 Å². The number of amides is 1. The first-order valence-corrected chi connectivity index (χ1v) is 6.86. The monoisotopic (exact) mass is 288 g/mol. The van der Waals surface area contributed by atoms with Gasteiger partial charge < -0.3 is 14.5 Å². The van der Waals surface area contributed by atoms with Crippen molar-refractivity contribution in [2.75, 3.05) is 0 Å². The molecule has 1 heterocycles. The number of hydrogen-bond acceptors (Lipinski definition) is 4. The normalized spacial score (nSPS) is 12.7. The number of rotatable bonds is 4. The topological polar surface area (TPSA) is 64.4 Å². The molecule has 112 valence electrons. The van der Waals surface area contributed by atoms with Gasteiger partial charge in [-0.2, -0.15) is 0 Å². The Kier molecular flexibility index (Phi) is 4.62. The summed E-state index contributed by atoms with van der Waals surface area (Å²) in [4.78, 5) is 15.9. The van der Waals surface area contributed by atoms with Crippen LogP contribution in [0.15, 0.2) is 47.3 Å². The first kappa shape index (κ1) is 15.1. The van der Waals surface area contributed by atoms with Crippen LogP contribution in [0.25, 0.3) is 0 Å². The van der Waals surface area contributed by atoms with Crippen molar-refractivity contribution in [3.05, 3.63) is 54.2 Å². The Labute approximate surface area is 124 Å². The second-order valence-corrected chi connectivity index (χ2v) is 5.79. The van der Waals surface area contributed by atoms with Crippen LogP contribution < -0.4 is 5.32 Å². The minimum absolute atomic E-state index is 0.315. The van der Waals surface area contributed by atoms with Crippen LogP contribution in [-0.4, -0.2) is 16.7 Å². The molecule has 0 aliphatic carbocycles. The van der Waals surface area contributed by atoms with Gasteiger partial charge in [0.2, 0.25) is 0 Å². The zero-order valence-corrected chi connectivity index (χ0v) is 12.5. The predicted molar refractivity (Wildman–Crippen MR) is 78.8 cm³/mol. The fourth-order valence-corrected chi connectivity index (χ4v) is 1.92. The van der Waals surface area contributed by atoms with E-state index < -0.39 is 11.7 Å². The van der Waals surface area contributed by atoms with E-state index in [-0.39, 0.29) is 6.04 Å². The summed E-state index contributed by atoms with van der Waals surface area (Å²) in [6.07, 6.45) is 3.09. The van der Waals surface area contributed by atoms with Gasteiger partial charge in [-0.05, 0) is 26.3 Å². The molecular formula is C16H20N2O3. The van der Waals surface area contributed by atoms with Crippen LogP contribution in [0.3, 0.4) is 0 Å². The van der Waals surface area contributed by atoms with E-state index in [0.717, 1.165) is 5.56 Å². The summed E-state index contributed by atoms with van der Waals surface area (Å²) in [6.45, 7) is 5.48. The van der Waals surface area contributed by atoms with E-state index in [0.29, 0.717) is 12.2 Å². The van der Waals surface area contributed by atoms with E-state index in [1.54, 1.807) is 6.20 Å². The van der Waals surface area contributed by atoms with Gasteiger partial charge in [-0.25, -0.2) is 9.78 Å². The van der Waals surface area contributed by atoms with Crippen molar-refractivity contribution < 1.29 is 13.9 Å². The molecule has 0 unspecified atom stereocenters. The lowest BCUT2D eigenvalue weighted by Crippen LogP contribution is -2.35. The van der Waals surface area contributed by atoms with Gasteiger partial charge in [0, 0.05) is 6.42 Å². The lowest BCUT2D eigenvalue weighted by molar-refractivity contribution is 0.0497. The van der Waals surface area contributed by atoms with Crippen LogP contribution in [-0.2, 0) is 11.2 Å². The highest BCUT2D eigenvalue weighted by atomic mass is 16.6. The zero-order valence-electron chi connectivity index (χ0n) is 12.5. The zero-order chi connectivity index (χ0) is 15.3. The van der Waals surface area contributed by atoms with E-state index in [4.69, 9.17) is 9.15 Å². The highest BCUT2D eigenvalue weighted by molar-refractivity contribution is 5.68. The van der Waals surface area contributed by atoms with E-state index in [9.17, 15) is 4.79 Å². The summed E-state index contributed by atoms with van der Waals surface area (Å²) in [7, 11) is 0. The molecule has 0 aliphatic heterocycles. The fourth-order valence-electron chi connectivity index (χ4n) is 1.92. The maximum atomic E-state index is 12.0. The van der Waals surface area contributed by atoms with Gasteiger partial charge in [0.05, 0.1) is 12.2 Å². The SMILES string of the molecule is CC(C)(C)OC(=O)N[C@H](Cc1ccccc1)c1cnco1. The summed E-state index contributed by atoms with van der Waals surface area (Å²) >= 11 is 0. The lowest BCUT2D eigenvalue weighted by atomic mass is 10.0. The molecule has 0 fully saturated rings. The smallest absolute Gasteiger partial charge is 0.408 e. The predicted octanol–water partition coefficient (Wildman–Crippen LogP) is 3.48. The molecule has 1 N–H and O–H groups in total. The molecule has 0 aliphatic rings. The standard InChI is InChI=1S/C16H20N2O3/c1-16(2,3)21-15(19)18-13(14-10-17-11-20-14)9-12-7-5-4-6-8-12/h4-8,10-11,13H,9H2,1-3H3,(H,18,19)/t13-/m1/s1. The van der Waals surface area contributed by atoms with Gasteiger partial charge in [0.1, 0.15) is 11.4 Å². The van der Waals surface area contributed by atoms with E-state index in [2.05, 4.69) is 10.3 Å². The molecular weight excluding hydrogens is 268 g/mol. The summed E-state index contributed by atoms with van der Waals surface area (Å²) < 4.78 is 10.6. The third-order valence-electron chi connectivity index (χ3n) is 2.77. The van der Waals surface area contributed by atoms with Crippen LogP contribution in [0.5, 0.6) is 0 Å². The van der Waals surface area contributed by atoms with E-state index in [1.165, 1.54) is 6.39 Å². The number of nitrogens with one attached hydrogen (secondary N) is 1. The fraction of sp³-hybridized carbons (Fsp3) is 0.375. The van der Waals surface area contributed by atoms with Crippen molar-refractivity contribution in [1.82, 2.24) is 10.3 Å². The molecule has 1 aromatic heterocycles. The molecule has 2 aromatic rings. The first-order valence-electron chi connectivity index (χ1n) is 6.86. The average Bonchev–Trinajstić information content (AvgIpc) is 2.90. The maximum absolute atomic E-state index is 12.0. The van der Waals surface area contributed by atoms with Gasteiger partial charge in [0.15, 0.2) is 6.39 Å². The number of alkyl carbamates (subject to hydrolysis) is 1. The quantitative estimate of drug-likeness (QED) is 0.935. The van der Waals surface area contributed by atoms with E-state index >= 15 is 0 Å². The third-order valence-corrected chi connectivity index (χ3v) is 2.77. The molecule has 1 aromatic carbocycles. The Morgan fingerprint density at radius 1 is 1.33 bits per heavy atom. The van der Waals surface area contributed by atoms with Crippen LogP contribution in [0.1, 0.15) is 38.1 Å². The van der Waals surface area contributed by atoms with Crippen LogP contribution >= 0.6 is 0 Å². The van der Waals surface area contributed by atoms with Crippen molar-refractivity contribution in [3.8, 4) is 0 Å². The average molecular weight is 288 g/mol. The number of carbonyl (C=O) groups excluding carboxylic acids is 1. The minimum Gasteiger partial charge on any atom is -0.446 e. The number of nitrogens with zero attached hydrogens (tertiary/aromatic N) is 1. The van der Waals surface area contributed by atoms with Gasteiger partial charge in [-0.15, -0.1) is 0 Å². The lowest BCUT2D eigenvalue weighted by Gasteiger charge is -2.22. The van der Waals surface area contributed by atoms with Gasteiger partial charge >= 0.3 is 6.09 Å². The van der Waals surface area contributed by atoms with Gasteiger partial charge in [-0.1, -0.05) is 30.3 Å². The number of hydrogen-bond donors (Lipinski definition) is 1. The van der Waals surface area contributed by atoms with E-state index in [1.807, 2.05) is 51.1 Å². The van der Waals surface area contributed by atoms with Gasteiger partial charge in [-0.3, -0.25) is 0 Å². The number of carbonyl (C=O) groups is 1. The van der Waals surface area contributed by atoms with Crippen molar-refractivity contribution in [1.29, 1.82) is 0 Å². The molecule has 1 atom stereocenters. The highest BCUT2D eigenvalue weighted by Crippen LogP contribution is 2.19. The van der Waals surface area contributed by atoms with Crippen LogP contribution in [0.4, 0.5) is 4.79 Å². The molecule has 0 saturated carbocycles. The Morgan fingerprint density at radius 2 is 2.05 bits per heavy atom. The Hall–Kier alpha value is -2.30. The highest BCUT2D eigenvalue weighted by Gasteiger charge is 2.22. The van der Waals surface area contributed by atoms with Crippen molar-refractivity contribution in [2.24, 2.45) is 0 Å². The van der Waals surface area contributed by atoms with Crippen molar-refractivity contribution in [3.63, 3.8) is 0 Å². The largest absolute Gasteiger partial charge is 0.446 e. The molecule has 1 amide bonds. The molecule has 5 nitrogen and oxygen atoms in total. The minimum atomic E-state index is -0.539. The maximum Gasteiger partial charge on any atom is 0.408 e. The summed E-state index contributed by atoms with van der Waals surface area (Å²) in [5.74, 6) is 0.602. The van der Waals surface area contributed by atoms with Crippen LogP contribution in [0.2, 0.25) is 0 Å². The molecule has 2 rings (SSSR count). The Bertz CT molecular complexity index is 559. The summed E-state index contributed by atoms with van der Waals surface area (Å²) in [5, 5.41) is 2.83. The number of ether oxygens (including phenoxy) is 1. The number of benzene rings is 1. The first-order chi connectivity index (χ1) is 9.94. The van der Waals surface area contributed by atoms with Gasteiger partial charge in [0.25, 0.3) is 0 Å². The molecule has 0 spiro atoms. The Morgan fingerprint density at radius 3 is 2.62 bits per heavy atom. The summed E-state index contributed by atoms with van der Waals surface area (Å²) in [6, 6.07) is 9.56. The van der Waals surface area contributed by atoms with Crippen molar-refractivity contribution >= 4 is 6.09 Å². The molecule has 0 saturated heterocycles. The molecule has 0 bridgehead atoms. The third kappa shape index (κ3) is 4.95. The number of aromatic nitrogens is 1. The number of oxazole rings is 1. The Balaban J connectivity index is 2.08. The second kappa shape index (κ2) is 6.43. The second-order valence-electron chi connectivity index (χ2n) is 5.79. The summed E-state index contributed by atoms with van der Waals surface area (Å²) in [5.41, 5.74) is 0.554. The molecule has 0 radical (unpaired) electrons. The molecule has 21 heavy (non-hydrogen) atoms. The van der Waals surface area contributed by atoms with Crippen LogP contribution in [0, 0.1) is 0 Å².